The van der Waals surface area contributed by atoms with Gasteiger partial charge in [0.15, 0.2) is 16.6 Å². The molecule has 140 valence electrons. The Morgan fingerprint density at radius 3 is 2.00 bits per heavy atom. The molecule has 0 rings (SSSR count). The normalized spacial score (nSPS) is 15.2. The van der Waals surface area contributed by atoms with Gasteiger partial charge in [-0.1, -0.05) is 6.08 Å². The molecule has 0 spiro atoms. The molecule has 0 saturated carbocycles. The van der Waals surface area contributed by atoms with Gasteiger partial charge in [-0.15, -0.1) is 0 Å². The first-order valence-corrected chi connectivity index (χ1v) is 16.5. The number of ether oxygens (including phenoxy) is 1. The average Bonchev–Trinajstić information content (AvgIpc) is 2.33. The fourth-order valence-electron chi connectivity index (χ4n) is 1.94. The van der Waals surface area contributed by atoms with Crippen LogP contribution in [0.5, 0.6) is 0 Å². The lowest BCUT2D eigenvalue weighted by Crippen LogP contribution is -2.43. The summed E-state index contributed by atoms with van der Waals surface area (Å²) in [7, 11) is -3.54. The highest BCUT2D eigenvalue weighted by atomic mass is 79.9. The number of esters is 1. The van der Waals surface area contributed by atoms with Crippen LogP contribution in [0, 0.1) is 0 Å². The summed E-state index contributed by atoms with van der Waals surface area (Å²) in [5, 5.41) is 0. The highest BCUT2D eigenvalue weighted by molar-refractivity contribution is 9.28. The largest absolute Gasteiger partial charge is 0.463 e. The number of rotatable bonds is 10. The first-order valence-electron chi connectivity index (χ1n) is 8.06. The summed E-state index contributed by atoms with van der Waals surface area (Å²) in [5.74, 6) is -0.330. The minimum Gasteiger partial charge on any atom is -0.463 e. The second kappa shape index (κ2) is 11.1. The Morgan fingerprint density at radius 1 is 1.04 bits per heavy atom. The van der Waals surface area contributed by atoms with Crippen molar-refractivity contribution < 1.29 is 18.4 Å². The number of hydrogen-bond donors (Lipinski definition) is 0. The maximum Gasteiger partial charge on any atom is 0.330 e. The lowest BCUT2D eigenvalue weighted by atomic mass is 10.1. The molecule has 0 aliphatic carbocycles. The second-order valence-corrected chi connectivity index (χ2v) is 19.0. The zero-order valence-electron chi connectivity index (χ0n) is 15.7. The molecule has 0 aromatic carbocycles. The standard InChI is InChI=1S/C16H30Br2O4Si2/c1-8-20-16(19)11-9-10-13(21-23(2,3)4)14(12-15(17)18)22-24(5,6)7/h9,11-14H,8,10H2,1-7H3/b11-9+/t13-,14+/m0/s1. The average molecular weight is 502 g/mol. The maximum absolute atomic E-state index is 11.5. The van der Waals surface area contributed by atoms with E-state index in [1.165, 1.54) is 6.08 Å². The van der Waals surface area contributed by atoms with Crippen molar-refractivity contribution in [2.24, 2.45) is 0 Å². The van der Waals surface area contributed by atoms with Gasteiger partial charge in [0.2, 0.25) is 0 Å². The molecule has 0 aliphatic heterocycles. The van der Waals surface area contributed by atoms with E-state index in [1.807, 2.05) is 6.08 Å². The predicted octanol–water partition coefficient (Wildman–Crippen LogP) is 5.57. The summed E-state index contributed by atoms with van der Waals surface area (Å²) >= 11 is 6.84. The van der Waals surface area contributed by atoms with Crippen molar-refractivity contribution in [2.45, 2.75) is 64.8 Å². The third kappa shape index (κ3) is 13.5. The maximum atomic E-state index is 11.5. The quantitative estimate of drug-likeness (QED) is 0.223. The van der Waals surface area contributed by atoms with Crippen LogP contribution in [0.2, 0.25) is 39.3 Å². The monoisotopic (exact) mass is 500 g/mol. The first kappa shape index (κ1) is 24.3. The van der Waals surface area contributed by atoms with Crippen LogP contribution in [0.4, 0.5) is 0 Å². The van der Waals surface area contributed by atoms with Crippen LogP contribution < -0.4 is 0 Å². The van der Waals surface area contributed by atoms with E-state index in [2.05, 4.69) is 71.1 Å². The molecule has 2 atom stereocenters. The minimum absolute atomic E-state index is 0.154. The Labute approximate surface area is 165 Å². The van der Waals surface area contributed by atoms with Crippen molar-refractivity contribution in [3.8, 4) is 0 Å². The number of halogens is 2. The molecule has 0 aliphatic rings. The van der Waals surface area contributed by atoms with Crippen LogP contribution >= 0.6 is 31.9 Å². The third-order valence-corrected chi connectivity index (χ3v) is 5.08. The van der Waals surface area contributed by atoms with Gasteiger partial charge in [-0.05, 0) is 90.6 Å². The Balaban J connectivity index is 5.30. The van der Waals surface area contributed by atoms with Crippen molar-refractivity contribution in [3.63, 3.8) is 0 Å². The summed E-state index contributed by atoms with van der Waals surface area (Å²) in [4.78, 5) is 11.5. The highest BCUT2D eigenvalue weighted by Gasteiger charge is 2.30. The summed E-state index contributed by atoms with van der Waals surface area (Å²) < 4.78 is 18.4. The van der Waals surface area contributed by atoms with Gasteiger partial charge in [0.1, 0.15) is 0 Å². The highest BCUT2D eigenvalue weighted by Crippen LogP contribution is 2.24. The molecule has 24 heavy (non-hydrogen) atoms. The Morgan fingerprint density at radius 2 is 1.58 bits per heavy atom. The summed E-state index contributed by atoms with van der Waals surface area (Å²) in [5.41, 5.74) is 0. The molecule has 0 aromatic rings. The van der Waals surface area contributed by atoms with Crippen LogP contribution in [0.15, 0.2) is 21.6 Å². The topological polar surface area (TPSA) is 44.8 Å². The Hall–Kier alpha value is 0.264. The fraction of sp³-hybridized carbons (Fsp3) is 0.688. The number of carbonyl (C=O) groups excluding carboxylic acids is 1. The Bertz CT molecular complexity index is 450. The molecule has 0 heterocycles. The van der Waals surface area contributed by atoms with E-state index in [1.54, 1.807) is 13.0 Å². The van der Waals surface area contributed by atoms with Gasteiger partial charge in [0.05, 0.1) is 22.2 Å². The van der Waals surface area contributed by atoms with Gasteiger partial charge in [0, 0.05) is 6.08 Å². The molecular weight excluding hydrogens is 472 g/mol. The molecule has 4 nitrogen and oxygen atoms in total. The van der Waals surface area contributed by atoms with E-state index < -0.39 is 16.6 Å². The van der Waals surface area contributed by atoms with Gasteiger partial charge in [-0.3, -0.25) is 0 Å². The molecular formula is C16H30Br2O4Si2. The van der Waals surface area contributed by atoms with Crippen molar-refractivity contribution in [2.75, 3.05) is 6.61 Å². The predicted molar refractivity (Wildman–Crippen MR) is 113 cm³/mol. The van der Waals surface area contributed by atoms with Gasteiger partial charge < -0.3 is 13.6 Å². The summed E-state index contributed by atoms with van der Waals surface area (Å²) in [6, 6.07) is 0. The minimum atomic E-state index is -1.78. The van der Waals surface area contributed by atoms with E-state index in [9.17, 15) is 4.79 Å². The van der Waals surface area contributed by atoms with Crippen LogP contribution in [0.3, 0.4) is 0 Å². The van der Waals surface area contributed by atoms with Crippen molar-refractivity contribution in [1.82, 2.24) is 0 Å². The molecule has 0 unspecified atom stereocenters. The molecule has 0 aromatic heterocycles. The molecule has 0 N–H and O–H groups in total. The van der Waals surface area contributed by atoms with Crippen LogP contribution in [-0.2, 0) is 18.4 Å². The smallest absolute Gasteiger partial charge is 0.330 e. The van der Waals surface area contributed by atoms with Crippen LogP contribution in [0.1, 0.15) is 13.3 Å². The second-order valence-electron chi connectivity index (χ2n) is 7.31. The van der Waals surface area contributed by atoms with Crippen LogP contribution in [-0.4, -0.2) is 41.4 Å². The van der Waals surface area contributed by atoms with Crippen molar-refractivity contribution >= 4 is 54.5 Å². The van der Waals surface area contributed by atoms with Gasteiger partial charge in [0.25, 0.3) is 0 Å². The molecule has 0 bridgehead atoms. The molecule has 0 saturated heterocycles. The first-order chi connectivity index (χ1) is 10.8. The van der Waals surface area contributed by atoms with Crippen LogP contribution in [0.25, 0.3) is 0 Å². The van der Waals surface area contributed by atoms with E-state index >= 15 is 0 Å². The zero-order valence-corrected chi connectivity index (χ0v) is 20.9. The third-order valence-electron chi connectivity index (χ3n) is 2.56. The molecule has 0 amide bonds. The van der Waals surface area contributed by atoms with E-state index in [0.717, 1.165) is 3.39 Å². The Kier molecular flexibility index (Phi) is 11.2. The lowest BCUT2D eigenvalue weighted by molar-refractivity contribution is -0.137. The summed E-state index contributed by atoms with van der Waals surface area (Å²) in [6.07, 6.45) is 5.48. The SMILES string of the molecule is CCOC(=O)/C=C/C[C@H](O[Si](C)(C)C)[C@@H](C=C(Br)Br)O[Si](C)(C)C. The number of hydrogen-bond acceptors (Lipinski definition) is 4. The zero-order chi connectivity index (χ0) is 19.0. The fourth-order valence-corrected chi connectivity index (χ4v) is 4.64. The van der Waals surface area contributed by atoms with Crippen molar-refractivity contribution in [1.29, 1.82) is 0 Å². The molecule has 0 fully saturated rings. The van der Waals surface area contributed by atoms with Gasteiger partial charge >= 0.3 is 5.97 Å². The number of carbonyl (C=O) groups is 1. The van der Waals surface area contributed by atoms with Crippen molar-refractivity contribution in [3.05, 3.63) is 21.6 Å². The van der Waals surface area contributed by atoms with E-state index in [-0.39, 0.29) is 18.2 Å². The van der Waals surface area contributed by atoms with Gasteiger partial charge in [-0.2, -0.15) is 0 Å². The molecule has 0 radical (unpaired) electrons. The van der Waals surface area contributed by atoms with E-state index in [4.69, 9.17) is 13.6 Å². The lowest BCUT2D eigenvalue weighted by Gasteiger charge is -2.34. The summed E-state index contributed by atoms with van der Waals surface area (Å²) in [6.45, 7) is 15.0. The van der Waals surface area contributed by atoms with Gasteiger partial charge in [-0.25, -0.2) is 4.79 Å². The van der Waals surface area contributed by atoms with E-state index in [0.29, 0.717) is 13.0 Å². The molecule has 8 heteroatoms.